The monoisotopic (exact) mass is 302 g/mol. The van der Waals surface area contributed by atoms with E-state index in [-0.39, 0.29) is 23.6 Å². The molecule has 0 radical (unpaired) electrons. The van der Waals surface area contributed by atoms with Crippen LogP contribution in [0.1, 0.15) is 22.8 Å². The van der Waals surface area contributed by atoms with Gasteiger partial charge in [0.1, 0.15) is 5.78 Å². The molecule has 0 saturated carbocycles. The summed E-state index contributed by atoms with van der Waals surface area (Å²) in [5.74, 6) is -1.60. The number of alkyl halides is 3. The molecule has 1 amide bonds. The van der Waals surface area contributed by atoms with Crippen molar-refractivity contribution in [2.24, 2.45) is 16.5 Å². The summed E-state index contributed by atoms with van der Waals surface area (Å²) in [7, 11) is 0. The van der Waals surface area contributed by atoms with E-state index >= 15 is 0 Å². The zero-order chi connectivity index (χ0) is 16.2. The van der Waals surface area contributed by atoms with E-state index < -0.39 is 23.6 Å². The summed E-state index contributed by atoms with van der Waals surface area (Å²) in [5, 5.41) is 2.19. The second-order valence-electron chi connectivity index (χ2n) is 4.19. The van der Waals surface area contributed by atoms with Gasteiger partial charge in [-0.05, 0) is 25.1 Å². The summed E-state index contributed by atoms with van der Waals surface area (Å²) >= 11 is 0. The van der Waals surface area contributed by atoms with Crippen molar-refractivity contribution in [2.75, 3.05) is 6.54 Å². The fourth-order valence-corrected chi connectivity index (χ4v) is 1.43. The first-order valence-electron chi connectivity index (χ1n) is 5.69. The molecule has 0 spiro atoms. The van der Waals surface area contributed by atoms with Crippen LogP contribution in [-0.2, 0) is 11.0 Å². The molecule has 5 N–H and O–H groups in total. The zero-order valence-electron chi connectivity index (χ0n) is 11.0. The van der Waals surface area contributed by atoms with E-state index in [0.29, 0.717) is 12.1 Å². The molecule has 1 rings (SSSR count). The number of hydrogen-bond acceptors (Lipinski definition) is 3. The van der Waals surface area contributed by atoms with Gasteiger partial charge in [0.15, 0.2) is 5.96 Å². The summed E-state index contributed by atoms with van der Waals surface area (Å²) in [6, 6.07) is 2.45. The predicted octanol–water partition coefficient (Wildman–Crippen LogP) is 0.929. The molecule has 0 saturated heterocycles. The molecule has 114 valence electrons. The number of Topliss-reactive ketones (excluding diaryl/α,β-unsaturated/α-hetero) is 1. The van der Waals surface area contributed by atoms with Crippen LogP contribution in [0.15, 0.2) is 23.2 Å². The second-order valence-corrected chi connectivity index (χ2v) is 4.19. The average molecular weight is 302 g/mol. The molecule has 0 aliphatic carbocycles. The molecule has 1 aromatic carbocycles. The van der Waals surface area contributed by atoms with Crippen LogP contribution in [0.2, 0.25) is 0 Å². The highest BCUT2D eigenvalue weighted by Gasteiger charge is 2.31. The lowest BCUT2D eigenvalue weighted by molar-refractivity contribution is -0.137. The molecule has 21 heavy (non-hydrogen) atoms. The molecular formula is C12H13F3N4O2. The molecule has 0 aliphatic rings. The van der Waals surface area contributed by atoms with E-state index in [1.165, 1.54) is 6.92 Å². The minimum atomic E-state index is -4.66. The number of nitrogens with two attached hydrogens (primary N) is 2. The smallest absolute Gasteiger partial charge is 0.370 e. The standard InChI is InChI=1S/C12H13F3N4O2/c1-6(20)5-18-10(21)7-2-8(12(13,14)15)4-9(3-7)19-11(16)17/h2-4H,5H2,1H3,(H,18,21)(H4,16,17,19). The number of benzene rings is 1. The summed E-state index contributed by atoms with van der Waals surface area (Å²) in [4.78, 5) is 26.0. The van der Waals surface area contributed by atoms with E-state index in [0.717, 1.165) is 6.07 Å². The molecule has 0 fully saturated rings. The maximum Gasteiger partial charge on any atom is 0.416 e. The Morgan fingerprint density at radius 1 is 1.24 bits per heavy atom. The number of ketones is 1. The summed E-state index contributed by atoms with van der Waals surface area (Å²) < 4.78 is 38.3. The number of halogens is 3. The molecule has 9 heteroatoms. The Bertz CT molecular complexity index is 593. The van der Waals surface area contributed by atoms with Crippen molar-refractivity contribution in [1.29, 1.82) is 0 Å². The largest absolute Gasteiger partial charge is 0.416 e. The van der Waals surface area contributed by atoms with Gasteiger partial charge in [0.05, 0.1) is 17.8 Å². The van der Waals surface area contributed by atoms with Gasteiger partial charge in [-0.2, -0.15) is 13.2 Å². The predicted molar refractivity (Wildman–Crippen MR) is 69.9 cm³/mol. The molecule has 6 nitrogen and oxygen atoms in total. The van der Waals surface area contributed by atoms with Crippen LogP contribution >= 0.6 is 0 Å². The zero-order valence-corrected chi connectivity index (χ0v) is 11.0. The highest BCUT2D eigenvalue weighted by Crippen LogP contribution is 2.32. The molecule has 1 aromatic rings. The highest BCUT2D eigenvalue weighted by atomic mass is 19.4. The van der Waals surface area contributed by atoms with Crippen molar-refractivity contribution in [1.82, 2.24) is 5.32 Å². The first kappa shape index (κ1) is 16.5. The van der Waals surface area contributed by atoms with Gasteiger partial charge in [-0.1, -0.05) is 0 Å². The lowest BCUT2D eigenvalue weighted by Crippen LogP contribution is -2.28. The molecule has 0 atom stereocenters. The van der Waals surface area contributed by atoms with Crippen molar-refractivity contribution < 1.29 is 22.8 Å². The summed E-state index contributed by atoms with van der Waals surface area (Å²) in [5.41, 5.74) is 8.64. The van der Waals surface area contributed by atoms with E-state index in [9.17, 15) is 22.8 Å². The van der Waals surface area contributed by atoms with Gasteiger partial charge in [0.25, 0.3) is 5.91 Å². The maximum atomic E-state index is 12.8. The van der Waals surface area contributed by atoms with Crippen molar-refractivity contribution >= 4 is 23.3 Å². The lowest BCUT2D eigenvalue weighted by atomic mass is 10.1. The number of aliphatic imine (C=N–C) groups is 1. The van der Waals surface area contributed by atoms with Gasteiger partial charge >= 0.3 is 6.18 Å². The van der Waals surface area contributed by atoms with E-state index in [2.05, 4.69) is 10.3 Å². The normalized spacial score (nSPS) is 10.9. The average Bonchev–Trinajstić information content (AvgIpc) is 2.33. The Morgan fingerprint density at radius 3 is 2.33 bits per heavy atom. The van der Waals surface area contributed by atoms with Crippen molar-refractivity contribution in [3.63, 3.8) is 0 Å². The minimum Gasteiger partial charge on any atom is -0.370 e. The van der Waals surface area contributed by atoms with Crippen LogP contribution < -0.4 is 16.8 Å². The number of carbonyl (C=O) groups is 2. The van der Waals surface area contributed by atoms with Crippen molar-refractivity contribution in [3.8, 4) is 0 Å². The molecule has 0 unspecified atom stereocenters. The van der Waals surface area contributed by atoms with Crippen LogP contribution in [0.25, 0.3) is 0 Å². The number of carbonyl (C=O) groups excluding carboxylic acids is 2. The third-order valence-electron chi connectivity index (χ3n) is 2.26. The molecule has 0 aromatic heterocycles. The number of nitrogens with one attached hydrogen (secondary N) is 1. The lowest BCUT2D eigenvalue weighted by Gasteiger charge is -2.10. The summed E-state index contributed by atoms with van der Waals surface area (Å²) in [6.07, 6.45) is -4.66. The van der Waals surface area contributed by atoms with Crippen LogP contribution in [0.5, 0.6) is 0 Å². The third kappa shape index (κ3) is 5.13. The van der Waals surface area contributed by atoms with Gasteiger partial charge in [0.2, 0.25) is 0 Å². The number of rotatable bonds is 4. The molecule has 0 aliphatic heterocycles. The quantitative estimate of drug-likeness (QED) is 0.567. The van der Waals surface area contributed by atoms with Crippen LogP contribution in [-0.4, -0.2) is 24.2 Å². The Hall–Kier alpha value is -2.58. The van der Waals surface area contributed by atoms with Gasteiger partial charge in [0, 0.05) is 5.56 Å². The minimum absolute atomic E-state index is 0.210. The Labute approximate surface area is 118 Å². The first-order valence-corrected chi connectivity index (χ1v) is 5.69. The number of nitrogens with zero attached hydrogens (tertiary/aromatic N) is 1. The fraction of sp³-hybridized carbons (Fsp3) is 0.250. The van der Waals surface area contributed by atoms with Gasteiger partial charge in [-0.15, -0.1) is 0 Å². The highest BCUT2D eigenvalue weighted by molar-refractivity contribution is 5.97. The van der Waals surface area contributed by atoms with Crippen molar-refractivity contribution in [2.45, 2.75) is 13.1 Å². The number of hydrogen-bond donors (Lipinski definition) is 3. The number of amides is 1. The summed E-state index contributed by atoms with van der Waals surface area (Å²) in [6.45, 7) is 0.948. The SMILES string of the molecule is CC(=O)CNC(=O)c1cc(N=C(N)N)cc(C(F)(F)F)c1. The van der Waals surface area contributed by atoms with E-state index in [4.69, 9.17) is 11.5 Å². The van der Waals surface area contributed by atoms with E-state index in [1.54, 1.807) is 0 Å². The number of guanidine groups is 1. The van der Waals surface area contributed by atoms with Crippen LogP contribution in [0, 0.1) is 0 Å². The van der Waals surface area contributed by atoms with Gasteiger partial charge in [-0.3, -0.25) is 9.59 Å². The van der Waals surface area contributed by atoms with Crippen LogP contribution in [0.3, 0.4) is 0 Å². The topological polar surface area (TPSA) is 111 Å². The Morgan fingerprint density at radius 2 is 1.86 bits per heavy atom. The fourth-order valence-electron chi connectivity index (χ4n) is 1.43. The Kier molecular flexibility index (Phi) is 4.90. The molecule has 0 heterocycles. The Balaban J connectivity index is 3.22. The third-order valence-corrected chi connectivity index (χ3v) is 2.26. The van der Waals surface area contributed by atoms with Crippen LogP contribution in [0.4, 0.5) is 18.9 Å². The second kappa shape index (κ2) is 6.25. The molecule has 0 bridgehead atoms. The first-order chi connectivity index (χ1) is 9.59. The van der Waals surface area contributed by atoms with E-state index in [1.807, 2.05) is 0 Å². The maximum absolute atomic E-state index is 12.8. The van der Waals surface area contributed by atoms with Gasteiger partial charge < -0.3 is 16.8 Å². The van der Waals surface area contributed by atoms with Gasteiger partial charge in [-0.25, -0.2) is 4.99 Å². The molecular weight excluding hydrogens is 289 g/mol. The van der Waals surface area contributed by atoms with Crippen molar-refractivity contribution in [3.05, 3.63) is 29.3 Å².